The van der Waals surface area contributed by atoms with Crippen LogP contribution in [-0.2, 0) is 6.54 Å². The summed E-state index contributed by atoms with van der Waals surface area (Å²) in [6.45, 7) is 4.66. The van der Waals surface area contributed by atoms with Gasteiger partial charge < -0.3 is 10.8 Å². The lowest BCUT2D eigenvalue weighted by molar-refractivity contribution is 0.0690. The van der Waals surface area contributed by atoms with E-state index in [9.17, 15) is 4.79 Å². The van der Waals surface area contributed by atoms with E-state index >= 15 is 0 Å². The minimum Gasteiger partial charge on any atom is -0.476 e. The number of rotatable bonds is 6. The van der Waals surface area contributed by atoms with Crippen molar-refractivity contribution in [3.05, 3.63) is 29.8 Å². The Bertz CT molecular complexity index is 598. The van der Waals surface area contributed by atoms with Crippen molar-refractivity contribution in [2.45, 2.75) is 39.3 Å². The van der Waals surface area contributed by atoms with E-state index in [2.05, 4.69) is 24.0 Å². The second-order valence-electron chi connectivity index (χ2n) is 4.69. The third-order valence-corrected chi connectivity index (χ3v) is 3.30. The molecule has 0 saturated heterocycles. The fourth-order valence-corrected chi connectivity index (χ4v) is 2.18. The minimum absolute atomic E-state index is 0.121. The lowest BCUT2D eigenvalue weighted by Gasteiger charge is -2.12. The summed E-state index contributed by atoms with van der Waals surface area (Å²) in [6.07, 6.45) is 5.50. The largest absolute Gasteiger partial charge is 0.476 e. The van der Waals surface area contributed by atoms with Crippen LogP contribution in [0.3, 0.4) is 0 Å². The molecule has 0 aliphatic carbocycles. The molecule has 7 nitrogen and oxygen atoms in total. The Labute approximate surface area is 117 Å². The number of nitrogens with two attached hydrogens (primary N) is 1. The molecule has 3 N–H and O–H groups in total. The van der Waals surface area contributed by atoms with Crippen LogP contribution in [0.4, 0.5) is 5.69 Å². The number of hydrogen-bond acceptors (Lipinski definition) is 4. The summed E-state index contributed by atoms with van der Waals surface area (Å²) in [7, 11) is 0. The van der Waals surface area contributed by atoms with Gasteiger partial charge in [-0.3, -0.25) is 9.36 Å². The smallest absolute Gasteiger partial charge is 0.358 e. The third-order valence-electron chi connectivity index (χ3n) is 3.30. The Morgan fingerprint density at radius 2 is 2.10 bits per heavy atom. The van der Waals surface area contributed by atoms with Crippen LogP contribution in [0.15, 0.2) is 18.5 Å². The topological polar surface area (TPSA) is 99.0 Å². The molecule has 0 aromatic carbocycles. The summed E-state index contributed by atoms with van der Waals surface area (Å²) in [4.78, 5) is 10.9. The van der Waals surface area contributed by atoms with E-state index in [0.717, 1.165) is 18.5 Å². The predicted molar refractivity (Wildman–Crippen MR) is 74.5 cm³/mol. The van der Waals surface area contributed by atoms with Gasteiger partial charge in [-0.1, -0.05) is 13.8 Å². The van der Waals surface area contributed by atoms with Gasteiger partial charge in [-0.05, 0) is 18.9 Å². The van der Waals surface area contributed by atoms with E-state index < -0.39 is 5.97 Å². The van der Waals surface area contributed by atoms with Crippen LogP contribution in [0.25, 0.3) is 0 Å². The van der Waals surface area contributed by atoms with Gasteiger partial charge in [-0.25, -0.2) is 4.79 Å². The molecule has 2 rings (SSSR count). The highest BCUT2D eigenvalue weighted by Gasteiger charge is 2.14. The molecule has 0 aliphatic heterocycles. The first-order valence-electron chi connectivity index (χ1n) is 6.65. The predicted octanol–water partition coefficient (Wildman–Crippen LogP) is 1.77. The summed E-state index contributed by atoms with van der Waals surface area (Å²) in [5.41, 5.74) is 6.48. The highest BCUT2D eigenvalue weighted by molar-refractivity contribution is 5.91. The van der Waals surface area contributed by atoms with Crippen LogP contribution < -0.4 is 5.73 Å². The van der Waals surface area contributed by atoms with Crippen molar-refractivity contribution in [2.75, 3.05) is 5.73 Å². The molecule has 0 atom stereocenters. The van der Waals surface area contributed by atoms with Gasteiger partial charge in [0, 0.05) is 12.4 Å². The molecule has 0 saturated carbocycles. The standard InChI is InChI=1S/C13H19N5O2/c1-3-10(4-2)18-6-5-9(15-18)7-17-8-11(14)12(16-17)13(19)20/h5-6,8,10H,3-4,7,14H2,1-2H3,(H,19,20). The Morgan fingerprint density at radius 3 is 2.65 bits per heavy atom. The molecule has 0 unspecified atom stereocenters. The fraction of sp³-hybridized carbons (Fsp3) is 0.462. The number of nitrogen functional groups attached to an aromatic ring is 1. The first-order chi connectivity index (χ1) is 9.55. The molecule has 2 aromatic heterocycles. The SMILES string of the molecule is CCC(CC)n1ccc(Cn2cc(N)c(C(=O)O)n2)n1. The highest BCUT2D eigenvalue weighted by Crippen LogP contribution is 2.15. The van der Waals surface area contributed by atoms with Gasteiger partial charge in [0.1, 0.15) is 0 Å². The van der Waals surface area contributed by atoms with Crippen molar-refractivity contribution < 1.29 is 9.90 Å². The second kappa shape index (κ2) is 5.77. The molecule has 0 bridgehead atoms. The summed E-state index contributed by atoms with van der Waals surface area (Å²) >= 11 is 0. The molecular weight excluding hydrogens is 258 g/mol. The first-order valence-corrected chi connectivity index (χ1v) is 6.65. The van der Waals surface area contributed by atoms with E-state index in [0.29, 0.717) is 12.6 Å². The first kappa shape index (κ1) is 14.1. The third kappa shape index (κ3) is 2.81. The molecule has 2 aromatic rings. The molecule has 2 heterocycles. The normalized spacial score (nSPS) is 11.2. The average Bonchev–Trinajstić information content (AvgIpc) is 2.99. The summed E-state index contributed by atoms with van der Waals surface area (Å²) < 4.78 is 3.44. The van der Waals surface area contributed by atoms with Crippen LogP contribution in [0.5, 0.6) is 0 Å². The fourth-order valence-electron chi connectivity index (χ4n) is 2.18. The number of nitrogens with zero attached hydrogens (tertiary/aromatic N) is 4. The maximum Gasteiger partial charge on any atom is 0.358 e. The zero-order valence-electron chi connectivity index (χ0n) is 11.7. The van der Waals surface area contributed by atoms with Crippen molar-refractivity contribution in [3.8, 4) is 0 Å². The molecule has 7 heteroatoms. The molecule has 108 valence electrons. The van der Waals surface area contributed by atoms with E-state index in [-0.39, 0.29) is 11.4 Å². The zero-order chi connectivity index (χ0) is 14.7. The zero-order valence-corrected chi connectivity index (χ0v) is 11.7. The van der Waals surface area contributed by atoms with Gasteiger partial charge in [0.05, 0.1) is 24.0 Å². The maximum absolute atomic E-state index is 10.9. The molecule has 0 radical (unpaired) electrons. The van der Waals surface area contributed by atoms with Crippen LogP contribution in [0, 0.1) is 0 Å². The lowest BCUT2D eigenvalue weighted by atomic mass is 10.2. The van der Waals surface area contributed by atoms with Gasteiger partial charge in [-0.2, -0.15) is 10.2 Å². The highest BCUT2D eigenvalue weighted by atomic mass is 16.4. The molecule has 20 heavy (non-hydrogen) atoms. The second-order valence-corrected chi connectivity index (χ2v) is 4.69. The van der Waals surface area contributed by atoms with Crippen molar-refractivity contribution >= 4 is 11.7 Å². The van der Waals surface area contributed by atoms with Gasteiger partial charge in [0.15, 0.2) is 5.69 Å². The Balaban J connectivity index is 2.14. The lowest BCUT2D eigenvalue weighted by Crippen LogP contribution is -2.09. The van der Waals surface area contributed by atoms with Gasteiger partial charge >= 0.3 is 5.97 Å². The van der Waals surface area contributed by atoms with Crippen molar-refractivity contribution in [1.29, 1.82) is 0 Å². The Kier molecular flexibility index (Phi) is 4.07. The quantitative estimate of drug-likeness (QED) is 0.838. The van der Waals surface area contributed by atoms with E-state index in [1.54, 1.807) is 0 Å². The van der Waals surface area contributed by atoms with Gasteiger partial charge in [0.25, 0.3) is 0 Å². The molecule has 0 fully saturated rings. The van der Waals surface area contributed by atoms with E-state index in [1.807, 2.05) is 16.9 Å². The van der Waals surface area contributed by atoms with E-state index in [1.165, 1.54) is 10.9 Å². The summed E-state index contributed by atoms with van der Waals surface area (Å²) in [5.74, 6) is -1.12. The van der Waals surface area contributed by atoms with Gasteiger partial charge in [-0.15, -0.1) is 0 Å². The van der Waals surface area contributed by atoms with Crippen molar-refractivity contribution in [3.63, 3.8) is 0 Å². The Morgan fingerprint density at radius 1 is 1.40 bits per heavy atom. The number of hydrogen-bond donors (Lipinski definition) is 2. The number of carboxylic acid groups (broad SMARTS) is 1. The summed E-state index contributed by atoms with van der Waals surface area (Å²) in [6, 6.07) is 2.30. The monoisotopic (exact) mass is 277 g/mol. The molecule has 0 amide bonds. The van der Waals surface area contributed by atoms with Crippen LogP contribution >= 0.6 is 0 Å². The summed E-state index contributed by atoms with van der Waals surface area (Å²) in [5, 5.41) is 17.4. The molecule has 0 aliphatic rings. The number of carbonyl (C=O) groups is 1. The average molecular weight is 277 g/mol. The minimum atomic E-state index is -1.12. The van der Waals surface area contributed by atoms with E-state index in [4.69, 9.17) is 10.8 Å². The molecular formula is C13H19N5O2. The number of aromatic nitrogens is 4. The van der Waals surface area contributed by atoms with Crippen molar-refractivity contribution in [1.82, 2.24) is 19.6 Å². The van der Waals surface area contributed by atoms with Gasteiger partial charge in [0.2, 0.25) is 0 Å². The van der Waals surface area contributed by atoms with Crippen LogP contribution in [0.2, 0.25) is 0 Å². The number of carboxylic acids is 1. The molecule has 0 spiro atoms. The van der Waals surface area contributed by atoms with Crippen LogP contribution in [-0.4, -0.2) is 30.6 Å². The Hall–Kier alpha value is -2.31. The number of anilines is 1. The number of aromatic carboxylic acids is 1. The van der Waals surface area contributed by atoms with Crippen molar-refractivity contribution in [2.24, 2.45) is 0 Å². The van der Waals surface area contributed by atoms with Crippen LogP contribution in [0.1, 0.15) is 48.9 Å². The maximum atomic E-state index is 10.9.